The minimum atomic E-state index is 0.288. The molecule has 19 heavy (non-hydrogen) atoms. The molecule has 0 radical (unpaired) electrons. The predicted molar refractivity (Wildman–Crippen MR) is 86.4 cm³/mol. The van der Waals surface area contributed by atoms with Crippen molar-refractivity contribution in [2.24, 2.45) is 0 Å². The van der Waals surface area contributed by atoms with Crippen molar-refractivity contribution in [3.63, 3.8) is 0 Å². The summed E-state index contributed by atoms with van der Waals surface area (Å²) in [6.07, 6.45) is 3.99. The highest BCUT2D eigenvalue weighted by Gasteiger charge is 2.13. The monoisotopic (exact) mass is 315 g/mol. The Morgan fingerprint density at radius 3 is 2.42 bits per heavy atom. The fourth-order valence-electron chi connectivity index (χ4n) is 2.08. The third-order valence-electron chi connectivity index (χ3n) is 3.05. The van der Waals surface area contributed by atoms with E-state index in [9.17, 15) is 0 Å². The van der Waals surface area contributed by atoms with E-state index in [1.807, 2.05) is 30.3 Å². The lowest BCUT2D eigenvalue weighted by molar-refractivity contribution is 0.702. The van der Waals surface area contributed by atoms with Gasteiger partial charge in [0.2, 0.25) is 0 Å². The zero-order valence-corrected chi connectivity index (χ0v) is 12.4. The molecule has 0 saturated carbocycles. The lowest BCUT2D eigenvalue weighted by Crippen LogP contribution is -2.11. The summed E-state index contributed by atoms with van der Waals surface area (Å²) in [7, 11) is 0. The molecule has 0 amide bonds. The Morgan fingerprint density at radius 2 is 1.74 bits per heavy atom. The molecule has 0 aliphatic rings. The van der Waals surface area contributed by atoms with Crippen molar-refractivity contribution in [1.82, 2.24) is 0 Å². The Hall–Kier alpha value is -1.54. The van der Waals surface area contributed by atoms with Crippen molar-refractivity contribution in [2.75, 3.05) is 5.32 Å². The molecule has 0 bridgehead atoms. The molecule has 0 spiro atoms. The van der Waals surface area contributed by atoms with Gasteiger partial charge in [-0.05, 0) is 36.6 Å². The second-order valence-corrected chi connectivity index (χ2v) is 5.30. The van der Waals surface area contributed by atoms with Gasteiger partial charge in [0, 0.05) is 10.2 Å². The van der Waals surface area contributed by atoms with Crippen molar-refractivity contribution in [3.05, 3.63) is 77.3 Å². The average Bonchev–Trinajstić information content (AvgIpc) is 2.45. The van der Waals surface area contributed by atoms with E-state index in [-0.39, 0.29) is 6.04 Å². The van der Waals surface area contributed by atoms with E-state index in [2.05, 4.69) is 58.2 Å². The van der Waals surface area contributed by atoms with Crippen LogP contribution >= 0.6 is 15.9 Å². The third kappa shape index (κ3) is 3.97. The predicted octanol–water partition coefficient (Wildman–Crippen LogP) is 5.57. The summed E-state index contributed by atoms with van der Waals surface area (Å²) in [5, 5.41) is 3.59. The van der Waals surface area contributed by atoms with Gasteiger partial charge in [0.25, 0.3) is 0 Å². The van der Waals surface area contributed by atoms with Crippen LogP contribution in [0.2, 0.25) is 0 Å². The maximum Gasteiger partial charge on any atom is 0.0527 e. The highest BCUT2D eigenvalue weighted by Crippen LogP contribution is 2.29. The van der Waals surface area contributed by atoms with Gasteiger partial charge in [-0.1, -0.05) is 58.4 Å². The Balaban J connectivity index is 2.21. The van der Waals surface area contributed by atoms with Crippen LogP contribution < -0.4 is 5.32 Å². The first kappa shape index (κ1) is 13.9. The maximum absolute atomic E-state index is 3.82. The molecule has 1 N–H and O–H groups in total. The molecule has 2 aromatic rings. The molecular formula is C17H18BrN. The molecule has 0 saturated heterocycles. The van der Waals surface area contributed by atoms with Gasteiger partial charge in [0.05, 0.1) is 6.04 Å². The van der Waals surface area contributed by atoms with Crippen molar-refractivity contribution >= 4 is 21.6 Å². The molecule has 2 aromatic carbocycles. The van der Waals surface area contributed by atoms with E-state index in [0.717, 1.165) is 23.0 Å². The first-order chi connectivity index (χ1) is 9.31. The Labute approximate surface area is 123 Å². The van der Waals surface area contributed by atoms with E-state index >= 15 is 0 Å². The summed E-state index contributed by atoms with van der Waals surface area (Å²) >= 11 is 3.64. The minimum absolute atomic E-state index is 0.288. The smallest absolute Gasteiger partial charge is 0.0527 e. The second kappa shape index (κ2) is 7.15. The van der Waals surface area contributed by atoms with E-state index in [1.165, 1.54) is 5.56 Å². The summed E-state index contributed by atoms with van der Waals surface area (Å²) in [6, 6.07) is 19.0. The van der Waals surface area contributed by atoms with Crippen LogP contribution in [-0.2, 0) is 0 Å². The number of rotatable bonds is 6. The lowest BCUT2D eigenvalue weighted by Gasteiger charge is -2.21. The van der Waals surface area contributed by atoms with Crippen LogP contribution in [0.3, 0.4) is 0 Å². The average molecular weight is 316 g/mol. The van der Waals surface area contributed by atoms with Crippen molar-refractivity contribution < 1.29 is 0 Å². The SMILES string of the molecule is C=CCC[C@H](Nc1ccccc1)c1ccccc1Br. The summed E-state index contributed by atoms with van der Waals surface area (Å²) in [4.78, 5) is 0. The van der Waals surface area contributed by atoms with E-state index in [0.29, 0.717) is 0 Å². The Morgan fingerprint density at radius 1 is 1.05 bits per heavy atom. The molecule has 0 unspecified atom stereocenters. The van der Waals surface area contributed by atoms with Crippen LogP contribution in [-0.4, -0.2) is 0 Å². The van der Waals surface area contributed by atoms with Crippen molar-refractivity contribution in [2.45, 2.75) is 18.9 Å². The molecule has 2 heteroatoms. The van der Waals surface area contributed by atoms with Crippen LogP contribution in [0.25, 0.3) is 0 Å². The highest BCUT2D eigenvalue weighted by atomic mass is 79.9. The largest absolute Gasteiger partial charge is 0.378 e. The number of halogens is 1. The summed E-state index contributed by atoms with van der Waals surface area (Å²) in [5.74, 6) is 0. The number of hydrogen-bond donors (Lipinski definition) is 1. The second-order valence-electron chi connectivity index (χ2n) is 4.45. The van der Waals surface area contributed by atoms with Gasteiger partial charge in [-0.2, -0.15) is 0 Å². The molecule has 1 atom stereocenters. The van der Waals surface area contributed by atoms with Gasteiger partial charge in [-0.25, -0.2) is 0 Å². The molecular weight excluding hydrogens is 298 g/mol. The standard InChI is InChI=1S/C17H18BrN/c1-2-3-13-17(15-11-7-8-12-16(15)18)19-14-9-5-4-6-10-14/h2,4-12,17,19H,1,3,13H2/t17-/m0/s1. The van der Waals surface area contributed by atoms with Crippen molar-refractivity contribution in [1.29, 1.82) is 0 Å². The molecule has 0 aromatic heterocycles. The Bertz CT molecular complexity index is 522. The quantitative estimate of drug-likeness (QED) is 0.687. The number of para-hydroxylation sites is 1. The minimum Gasteiger partial charge on any atom is -0.378 e. The molecule has 0 fully saturated rings. The lowest BCUT2D eigenvalue weighted by atomic mass is 10.0. The van der Waals surface area contributed by atoms with Gasteiger partial charge in [-0.15, -0.1) is 6.58 Å². The van der Waals surface area contributed by atoms with Crippen LogP contribution in [0.4, 0.5) is 5.69 Å². The van der Waals surface area contributed by atoms with Gasteiger partial charge >= 0.3 is 0 Å². The molecule has 0 aliphatic heterocycles. The van der Waals surface area contributed by atoms with Crippen molar-refractivity contribution in [3.8, 4) is 0 Å². The first-order valence-electron chi connectivity index (χ1n) is 6.48. The van der Waals surface area contributed by atoms with Gasteiger partial charge < -0.3 is 5.32 Å². The summed E-state index contributed by atoms with van der Waals surface area (Å²) < 4.78 is 1.15. The molecule has 98 valence electrons. The fraction of sp³-hybridized carbons (Fsp3) is 0.176. The first-order valence-corrected chi connectivity index (χ1v) is 7.27. The van der Waals surface area contributed by atoms with E-state index < -0.39 is 0 Å². The maximum atomic E-state index is 3.82. The Kier molecular flexibility index (Phi) is 5.22. The number of anilines is 1. The van der Waals surface area contributed by atoms with Crippen LogP contribution in [0.15, 0.2) is 71.7 Å². The molecule has 0 aliphatic carbocycles. The normalized spacial score (nSPS) is 11.8. The highest BCUT2D eigenvalue weighted by molar-refractivity contribution is 9.10. The fourth-order valence-corrected chi connectivity index (χ4v) is 2.64. The van der Waals surface area contributed by atoms with Gasteiger partial charge in [0.15, 0.2) is 0 Å². The number of allylic oxidation sites excluding steroid dienone is 1. The zero-order chi connectivity index (χ0) is 13.5. The van der Waals surface area contributed by atoms with Crippen LogP contribution in [0.1, 0.15) is 24.4 Å². The molecule has 1 nitrogen and oxygen atoms in total. The summed E-state index contributed by atoms with van der Waals surface area (Å²) in [6.45, 7) is 3.82. The van der Waals surface area contributed by atoms with E-state index in [4.69, 9.17) is 0 Å². The van der Waals surface area contributed by atoms with Gasteiger partial charge in [-0.3, -0.25) is 0 Å². The van der Waals surface area contributed by atoms with Gasteiger partial charge in [0.1, 0.15) is 0 Å². The third-order valence-corrected chi connectivity index (χ3v) is 3.78. The summed E-state index contributed by atoms with van der Waals surface area (Å²) in [5.41, 5.74) is 2.43. The van der Waals surface area contributed by atoms with Crippen LogP contribution in [0, 0.1) is 0 Å². The number of nitrogens with one attached hydrogen (secondary N) is 1. The number of hydrogen-bond acceptors (Lipinski definition) is 1. The van der Waals surface area contributed by atoms with Crippen LogP contribution in [0.5, 0.6) is 0 Å². The topological polar surface area (TPSA) is 12.0 Å². The van der Waals surface area contributed by atoms with E-state index in [1.54, 1.807) is 0 Å². The zero-order valence-electron chi connectivity index (χ0n) is 10.9. The number of benzene rings is 2. The molecule has 2 rings (SSSR count). The molecule has 0 heterocycles.